The third-order valence-corrected chi connectivity index (χ3v) is 4.88. The lowest BCUT2D eigenvalue weighted by Crippen LogP contribution is -2.29. The van der Waals surface area contributed by atoms with E-state index >= 15 is 0 Å². The summed E-state index contributed by atoms with van der Waals surface area (Å²) in [5, 5.41) is 10.5. The van der Waals surface area contributed by atoms with Crippen molar-refractivity contribution in [2.45, 2.75) is 19.9 Å². The maximum atomic E-state index is 12.4. The van der Waals surface area contributed by atoms with Crippen LogP contribution in [-0.4, -0.2) is 34.3 Å². The number of hydrogen-bond acceptors (Lipinski definition) is 4. The first-order valence-electron chi connectivity index (χ1n) is 8.79. The van der Waals surface area contributed by atoms with Crippen molar-refractivity contribution in [3.63, 3.8) is 0 Å². The molecule has 1 amide bonds. The summed E-state index contributed by atoms with van der Waals surface area (Å²) in [5.74, 6) is 1.28. The van der Waals surface area contributed by atoms with Crippen LogP contribution in [0.1, 0.15) is 11.1 Å². The van der Waals surface area contributed by atoms with E-state index < -0.39 is 0 Å². The predicted octanol–water partition coefficient (Wildman–Crippen LogP) is 3.94. The van der Waals surface area contributed by atoms with Gasteiger partial charge in [0, 0.05) is 17.1 Å². The standard InChI is InChI=1S/C20H21ClN4O2S/c1-13-3-8-17(27-2)15(11-13)9-10-22-18(26)12-25-19(23-24-20(25)28)14-4-6-16(21)7-5-14/h3-8,11H,9-10,12H2,1-2H3,(H,22,26)(H,24,28). The summed E-state index contributed by atoms with van der Waals surface area (Å²) < 4.78 is 7.44. The molecule has 28 heavy (non-hydrogen) atoms. The third kappa shape index (κ3) is 4.79. The average molecular weight is 417 g/mol. The molecule has 146 valence electrons. The Bertz CT molecular complexity index is 1030. The van der Waals surface area contributed by atoms with Gasteiger partial charge in [0.15, 0.2) is 10.6 Å². The van der Waals surface area contributed by atoms with E-state index in [0.29, 0.717) is 28.6 Å². The number of H-pyrrole nitrogens is 1. The Morgan fingerprint density at radius 1 is 1.29 bits per heavy atom. The molecule has 3 aromatic rings. The number of amides is 1. The smallest absolute Gasteiger partial charge is 0.240 e. The fourth-order valence-corrected chi connectivity index (χ4v) is 3.25. The number of rotatable bonds is 7. The SMILES string of the molecule is COc1ccc(C)cc1CCNC(=O)Cn1c(-c2ccc(Cl)cc2)n[nH]c1=S. The van der Waals surface area contributed by atoms with Gasteiger partial charge in [-0.1, -0.05) is 29.3 Å². The van der Waals surface area contributed by atoms with Crippen LogP contribution in [0.15, 0.2) is 42.5 Å². The van der Waals surface area contributed by atoms with Crippen LogP contribution < -0.4 is 10.1 Å². The Morgan fingerprint density at radius 3 is 2.75 bits per heavy atom. The van der Waals surface area contributed by atoms with Crippen molar-refractivity contribution >= 4 is 29.7 Å². The monoisotopic (exact) mass is 416 g/mol. The van der Waals surface area contributed by atoms with Crippen LogP contribution in [0.3, 0.4) is 0 Å². The topological polar surface area (TPSA) is 71.9 Å². The van der Waals surface area contributed by atoms with Crippen LogP contribution in [-0.2, 0) is 17.8 Å². The second kappa shape index (κ2) is 9.03. The van der Waals surface area contributed by atoms with Crippen molar-refractivity contribution in [2.75, 3.05) is 13.7 Å². The molecule has 1 heterocycles. The zero-order valence-electron chi connectivity index (χ0n) is 15.7. The van der Waals surface area contributed by atoms with Gasteiger partial charge in [0.2, 0.25) is 5.91 Å². The van der Waals surface area contributed by atoms with Crippen LogP contribution in [0.2, 0.25) is 5.02 Å². The maximum absolute atomic E-state index is 12.4. The number of halogens is 1. The van der Waals surface area contributed by atoms with E-state index in [1.54, 1.807) is 23.8 Å². The first-order chi connectivity index (χ1) is 13.5. The van der Waals surface area contributed by atoms with E-state index in [-0.39, 0.29) is 12.5 Å². The fourth-order valence-electron chi connectivity index (χ4n) is 2.92. The molecule has 2 aromatic carbocycles. The summed E-state index contributed by atoms with van der Waals surface area (Å²) >= 11 is 11.2. The van der Waals surface area contributed by atoms with E-state index in [0.717, 1.165) is 22.4 Å². The predicted molar refractivity (Wildman–Crippen MR) is 112 cm³/mol. The second-order valence-corrected chi connectivity index (χ2v) is 7.18. The number of hydrogen-bond donors (Lipinski definition) is 2. The number of aromatic nitrogens is 3. The van der Waals surface area contributed by atoms with Gasteiger partial charge in [-0.3, -0.25) is 14.5 Å². The summed E-state index contributed by atoms with van der Waals surface area (Å²) in [5.41, 5.74) is 3.04. The molecule has 0 unspecified atom stereocenters. The van der Waals surface area contributed by atoms with Crippen molar-refractivity contribution < 1.29 is 9.53 Å². The highest BCUT2D eigenvalue weighted by molar-refractivity contribution is 7.71. The summed E-state index contributed by atoms with van der Waals surface area (Å²) in [4.78, 5) is 12.4. The minimum atomic E-state index is -0.140. The largest absolute Gasteiger partial charge is 0.496 e. The molecule has 1 aromatic heterocycles. The first kappa shape index (κ1) is 20.1. The van der Waals surface area contributed by atoms with E-state index in [4.69, 9.17) is 28.6 Å². The molecule has 0 aliphatic heterocycles. The molecule has 0 saturated carbocycles. The van der Waals surface area contributed by atoms with Gasteiger partial charge < -0.3 is 10.1 Å². The first-order valence-corrected chi connectivity index (χ1v) is 9.58. The molecule has 8 heteroatoms. The van der Waals surface area contributed by atoms with Crippen molar-refractivity contribution in [3.8, 4) is 17.1 Å². The number of ether oxygens (including phenoxy) is 1. The lowest BCUT2D eigenvalue weighted by Gasteiger charge is -2.11. The van der Waals surface area contributed by atoms with Crippen LogP contribution in [0, 0.1) is 11.7 Å². The Morgan fingerprint density at radius 2 is 2.04 bits per heavy atom. The lowest BCUT2D eigenvalue weighted by atomic mass is 10.1. The van der Waals surface area contributed by atoms with Crippen molar-refractivity contribution in [1.82, 2.24) is 20.1 Å². The van der Waals surface area contributed by atoms with Crippen molar-refractivity contribution in [1.29, 1.82) is 0 Å². The average Bonchev–Trinajstić information content (AvgIpc) is 3.03. The zero-order valence-corrected chi connectivity index (χ0v) is 17.2. The minimum absolute atomic E-state index is 0.0816. The number of carbonyl (C=O) groups excluding carboxylic acids is 1. The number of methoxy groups -OCH3 is 1. The highest BCUT2D eigenvalue weighted by Crippen LogP contribution is 2.21. The van der Waals surface area contributed by atoms with Gasteiger partial charge >= 0.3 is 0 Å². The van der Waals surface area contributed by atoms with E-state index in [9.17, 15) is 4.79 Å². The van der Waals surface area contributed by atoms with Gasteiger partial charge in [-0.2, -0.15) is 5.10 Å². The van der Waals surface area contributed by atoms with Crippen LogP contribution >= 0.6 is 23.8 Å². The summed E-state index contributed by atoms with van der Waals surface area (Å²) in [6.45, 7) is 2.61. The molecule has 0 aliphatic rings. The van der Waals surface area contributed by atoms with Gasteiger partial charge in [0.1, 0.15) is 12.3 Å². The molecule has 0 atom stereocenters. The Kier molecular flexibility index (Phi) is 6.49. The second-order valence-electron chi connectivity index (χ2n) is 6.36. The van der Waals surface area contributed by atoms with Gasteiger partial charge in [-0.05, 0) is 61.5 Å². The third-order valence-electron chi connectivity index (χ3n) is 4.31. The molecule has 6 nitrogen and oxygen atoms in total. The van der Waals surface area contributed by atoms with E-state index in [1.165, 1.54) is 0 Å². The van der Waals surface area contributed by atoms with Crippen LogP contribution in [0.25, 0.3) is 11.4 Å². The van der Waals surface area contributed by atoms with Gasteiger partial charge in [-0.15, -0.1) is 0 Å². The number of carbonyl (C=O) groups is 1. The Balaban J connectivity index is 1.65. The molecule has 0 saturated heterocycles. The molecular weight excluding hydrogens is 396 g/mol. The number of aryl methyl sites for hydroxylation is 1. The highest BCUT2D eigenvalue weighted by Gasteiger charge is 2.12. The fraction of sp³-hybridized carbons (Fsp3) is 0.250. The molecule has 2 N–H and O–H groups in total. The Labute approximate surface area is 173 Å². The zero-order chi connectivity index (χ0) is 20.1. The minimum Gasteiger partial charge on any atom is -0.496 e. The maximum Gasteiger partial charge on any atom is 0.240 e. The number of aromatic amines is 1. The Hall–Kier alpha value is -2.64. The van der Waals surface area contributed by atoms with E-state index in [2.05, 4.69) is 21.6 Å². The molecule has 3 rings (SSSR count). The molecule has 0 aliphatic carbocycles. The number of nitrogens with zero attached hydrogens (tertiary/aromatic N) is 2. The normalized spacial score (nSPS) is 10.7. The molecule has 0 fully saturated rings. The highest BCUT2D eigenvalue weighted by atomic mass is 35.5. The van der Waals surface area contributed by atoms with E-state index in [1.807, 2.05) is 31.2 Å². The number of nitrogens with one attached hydrogen (secondary N) is 2. The molecular formula is C20H21ClN4O2S. The molecule has 0 spiro atoms. The number of benzene rings is 2. The van der Waals surface area contributed by atoms with Crippen LogP contribution in [0.5, 0.6) is 5.75 Å². The van der Waals surface area contributed by atoms with Crippen molar-refractivity contribution in [3.05, 3.63) is 63.4 Å². The lowest BCUT2D eigenvalue weighted by molar-refractivity contribution is -0.121. The summed E-state index contributed by atoms with van der Waals surface area (Å²) in [6, 6.07) is 13.2. The van der Waals surface area contributed by atoms with Crippen LogP contribution in [0.4, 0.5) is 0 Å². The quantitative estimate of drug-likeness (QED) is 0.572. The summed E-state index contributed by atoms with van der Waals surface area (Å²) in [6.07, 6.45) is 0.678. The van der Waals surface area contributed by atoms with Gasteiger partial charge in [0.25, 0.3) is 0 Å². The van der Waals surface area contributed by atoms with Gasteiger partial charge in [0.05, 0.1) is 7.11 Å². The molecule has 0 radical (unpaired) electrons. The van der Waals surface area contributed by atoms with Gasteiger partial charge in [-0.25, -0.2) is 0 Å². The molecule has 0 bridgehead atoms. The summed E-state index contributed by atoms with van der Waals surface area (Å²) in [7, 11) is 1.64. The van der Waals surface area contributed by atoms with Crippen molar-refractivity contribution in [2.24, 2.45) is 0 Å².